The highest BCUT2D eigenvalue weighted by atomic mass is 16.5. The fraction of sp³-hybridized carbons (Fsp3) is 0.364. The molecule has 2 aromatic rings. The molecule has 0 radical (unpaired) electrons. The van der Waals surface area contributed by atoms with Gasteiger partial charge in [0.1, 0.15) is 5.75 Å². The van der Waals surface area contributed by atoms with Gasteiger partial charge >= 0.3 is 0 Å². The molecule has 0 aliphatic heterocycles. The van der Waals surface area contributed by atoms with Crippen molar-refractivity contribution in [3.63, 3.8) is 0 Å². The number of nitrogens with zero attached hydrogens (tertiary/aromatic N) is 2. The Morgan fingerprint density at radius 2 is 1.96 bits per heavy atom. The first-order chi connectivity index (χ1) is 13.6. The Morgan fingerprint density at radius 3 is 2.68 bits per heavy atom. The summed E-state index contributed by atoms with van der Waals surface area (Å²) in [5.74, 6) is 1.69. The predicted molar refractivity (Wildman–Crippen MR) is 115 cm³/mol. The molecule has 6 nitrogen and oxygen atoms in total. The van der Waals surface area contributed by atoms with Gasteiger partial charge in [0.05, 0.1) is 7.11 Å². The first-order valence-corrected chi connectivity index (χ1v) is 9.49. The maximum absolute atomic E-state index is 11.8. The molecule has 0 aliphatic carbocycles. The Hall–Kier alpha value is -3.02. The van der Waals surface area contributed by atoms with Gasteiger partial charge in [0.2, 0.25) is 5.91 Å². The fourth-order valence-electron chi connectivity index (χ4n) is 2.94. The number of nitrogens with one attached hydrogen (secondary N) is 2. The van der Waals surface area contributed by atoms with E-state index in [0.29, 0.717) is 19.5 Å². The van der Waals surface area contributed by atoms with Crippen molar-refractivity contribution < 1.29 is 9.53 Å². The van der Waals surface area contributed by atoms with Crippen LogP contribution < -0.4 is 15.4 Å². The van der Waals surface area contributed by atoms with Crippen molar-refractivity contribution in [1.29, 1.82) is 0 Å². The summed E-state index contributed by atoms with van der Waals surface area (Å²) < 4.78 is 5.43. The lowest BCUT2D eigenvalue weighted by atomic mass is 10.2. The second kappa shape index (κ2) is 11.0. The van der Waals surface area contributed by atoms with Crippen LogP contribution in [0.5, 0.6) is 5.75 Å². The Kier molecular flexibility index (Phi) is 8.34. The molecule has 0 bridgehead atoms. The van der Waals surface area contributed by atoms with E-state index in [1.54, 1.807) is 14.2 Å². The second-order valence-corrected chi connectivity index (χ2v) is 6.57. The summed E-state index contributed by atoms with van der Waals surface area (Å²) in [6.45, 7) is 3.28. The molecule has 2 rings (SSSR count). The van der Waals surface area contributed by atoms with Crippen LogP contribution in [-0.2, 0) is 17.9 Å². The largest absolute Gasteiger partial charge is 0.496 e. The lowest BCUT2D eigenvalue weighted by Crippen LogP contribution is -2.38. The maximum atomic E-state index is 11.8. The standard InChI is InChI=1S/C22H30N4O2/c1-5-9-21(27)25-19-12-8-10-17(14-19)15-24-22(23-2)26(3)16-18-11-6-7-13-20(18)28-4/h6-8,10-14H,5,9,15-16H2,1-4H3,(H,23,24)(H,25,27). The molecule has 6 heteroatoms. The molecule has 150 valence electrons. The van der Waals surface area contributed by atoms with Crippen molar-refractivity contribution in [2.24, 2.45) is 4.99 Å². The molecule has 0 aromatic heterocycles. The van der Waals surface area contributed by atoms with Gasteiger partial charge in [-0.15, -0.1) is 0 Å². The van der Waals surface area contributed by atoms with E-state index < -0.39 is 0 Å². The van der Waals surface area contributed by atoms with Crippen LogP contribution in [0.2, 0.25) is 0 Å². The Balaban J connectivity index is 1.97. The van der Waals surface area contributed by atoms with Gasteiger partial charge < -0.3 is 20.3 Å². The number of benzene rings is 2. The van der Waals surface area contributed by atoms with Gasteiger partial charge in [-0.25, -0.2) is 0 Å². The average Bonchev–Trinajstić information content (AvgIpc) is 2.69. The lowest BCUT2D eigenvalue weighted by molar-refractivity contribution is -0.116. The summed E-state index contributed by atoms with van der Waals surface area (Å²) in [6, 6.07) is 15.8. The van der Waals surface area contributed by atoms with Gasteiger partial charge in [-0.3, -0.25) is 9.79 Å². The third-order valence-electron chi connectivity index (χ3n) is 4.31. The molecule has 0 saturated heterocycles. The van der Waals surface area contributed by atoms with E-state index in [9.17, 15) is 4.79 Å². The zero-order valence-corrected chi connectivity index (χ0v) is 17.2. The van der Waals surface area contributed by atoms with Crippen molar-refractivity contribution in [2.75, 3.05) is 26.5 Å². The van der Waals surface area contributed by atoms with Crippen molar-refractivity contribution in [1.82, 2.24) is 10.2 Å². The number of rotatable bonds is 8. The smallest absolute Gasteiger partial charge is 0.224 e. The number of aliphatic imine (C=N–C) groups is 1. The quantitative estimate of drug-likeness (QED) is 0.540. The summed E-state index contributed by atoms with van der Waals surface area (Å²) in [5.41, 5.74) is 2.98. The lowest BCUT2D eigenvalue weighted by Gasteiger charge is -2.23. The van der Waals surface area contributed by atoms with Crippen molar-refractivity contribution in [3.05, 3.63) is 59.7 Å². The number of carbonyl (C=O) groups excluding carboxylic acids is 1. The summed E-state index contributed by atoms with van der Waals surface area (Å²) >= 11 is 0. The highest BCUT2D eigenvalue weighted by molar-refractivity contribution is 5.90. The zero-order valence-electron chi connectivity index (χ0n) is 17.2. The molecule has 0 aliphatic rings. The topological polar surface area (TPSA) is 66.0 Å². The molecule has 0 fully saturated rings. The molecule has 1 amide bonds. The molecule has 28 heavy (non-hydrogen) atoms. The Labute approximate surface area is 167 Å². The van der Waals surface area contributed by atoms with E-state index in [2.05, 4.69) is 15.6 Å². The minimum Gasteiger partial charge on any atom is -0.496 e. The number of carbonyl (C=O) groups is 1. The monoisotopic (exact) mass is 382 g/mol. The summed E-state index contributed by atoms with van der Waals surface area (Å²) in [6.07, 6.45) is 1.37. The molecule has 2 N–H and O–H groups in total. The van der Waals surface area contributed by atoms with E-state index in [1.807, 2.05) is 67.4 Å². The molecule has 0 atom stereocenters. The second-order valence-electron chi connectivity index (χ2n) is 6.57. The summed E-state index contributed by atoms with van der Waals surface area (Å²) in [4.78, 5) is 18.2. The van der Waals surface area contributed by atoms with Gasteiger partial charge in [-0.05, 0) is 30.2 Å². The SMILES string of the molecule is CCCC(=O)Nc1cccc(CNC(=NC)N(C)Cc2ccccc2OC)c1. The summed E-state index contributed by atoms with van der Waals surface area (Å²) in [7, 11) is 5.43. The van der Waals surface area contributed by atoms with E-state index in [0.717, 1.165) is 34.9 Å². The molecule has 0 spiro atoms. The Bertz CT molecular complexity index is 805. The molecular formula is C22H30N4O2. The van der Waals surface area contributed by atoms with Gasteiger partial charge in [-0.1, -0.05) is 37.3 Å². The number of para-hydroxylation sites is 1. The van der Waals surface area contributed by atoms with Crippen molar-refractivity contribution in [2.45, 2.75) is 32.9 Å². The third-order valence-corrected chi connectivity index (χ3v) is 4.31. The zero-order chi connectivity index (χ0) is 20.4. The molecular weight excluding hydrogens is 352 g/mol. The molecule has 0 heterocycles. The number of methoxy groups -OCH3 is 1. The van der Waals surface area contributed by atoms with Gasteiger partial charge in [0, 0.05) is 44.9 Å². The molecule has 0 unspecified atom stereocenters. The Morgan fingerprint density at radius 1 is 1.18 bits per heavy atom. The van der Waals surface area contributed by atoms with Gasteiger partial charge in [0.15, 0.2) is 5.96 Å². The normalized spacial score (nSPS) is 11.1. The molecule has 2 aromatic carbocycles. The highest BCUT2D eigenvalue weighted by Gasteiger charge is 2.10. The van der Waals surface area contributed by atoms with Crippen molar-refractivity contribution in [3.8, 4) is 5.75 Å². The maximum Gasteiger partial charge on any atom is 0.224 e. The predicted octanol–water partition coefficient (Wildman–Crippen LogP) is 3.64. The minimum absolute atomic E-state index is 0.0416. The van der Waals surface area contributed by atoms with Crippen LogP contribution >= 0.6 is 0 Å². The average molecular weight is 383 g/mol. The van der Waals surface area contributed by atoms with Gasteiger partial charge in [0.25, 0.3) is 0 Å². The van der Waals surface area contributed by atoms with Crippen LogP contribution in [0.3, 0.4) is 0 Å². The highest BCUT2D eigenvalue weighted by Crippen LogP contribution is 2.19. The minimum atomic E-state index is 0.0416. The number of hydrogen-bond acceptors (Lipinski definition) is 3. The van der Waals surface area contributed by atoms with Gasteiger partial charge in [-0.2, -0.15) is 0 Å². The van der Waals surface area contributed by atoms with E-state index in [4.69, 9.17) is 4.74 Å². The molecule has 0 saturated carbocycles. The summed E-state index contributed by atoms with van der Waals surface area (Å²) in [5, 5.41) is 6.30. The number of amides is 1. The van der Waals surface area contributed by atoms with Crippen LogP contribution in [0.1, 0.15) is 30.9 Å². The van der Waals surface area contributed by atoms with Crippen LogP contribution in [0.15, 0.2) is 53.5 Å². The first kappa shape index (κ1) is 21.3. The van der Waals surface area contributed by atoms with Crippen LogP contribution in [0.4, 0.5) is 5.69 Å². The van der Waals surface area contributed by atoms with E-state index in [1.165, 1.54) is 0 Å². The van der Waals surface area contributed by atoms with E-state index in [-0.39, 0.29) is 5.91 Å². The van der Waals surface area contributed by atoms with E-state index >= 15 is 0 Å². The number of hydrogen-bond donors (Lipinski definition) is 2. The number of guanidine groups is 1. The van der Waals surface area contributed by atoms with Crippen LogP contribution in [0, 0.1) is 0 Å². The number of anilines is 1. The van der Waals surface area contributed by atoms with Crippen LogP contribution in [0.25, 0.3) is 0 Å². The third kappa shape index (κ3) is 6.30. The first-order valence-electron chi connectivity index (χ1n) is 9.49. The van der Waals surface area contributed by atoms with Crippen molar-refractivity contribution >= 4 is 17.6 Å². The fourth-order valence-corrected chi connectivity index (χ4v) is 2.94. The van der Waals surface area contributed by atoms with Crippen LogP contribution in [-0.4, -0.2) is 38.0 Å². The number of ether oxygens (including phenoxy) is 1.